The quantitative estimate of drug-likeness (QED) is 0.794. The Hall–Kier alpha value is -2.31. The number of carbonyl (C=O) groups is 1. The molecule has 27 heavy (non-hydrogen) atoms. The smallest absolute Gasteiger partial charge is 0.334 e. The summed E-state index contributed by atoms with van der Waals surface area (Å²) in [4.78, 5) is 14.5. The molecule has 0 unspecified atom stereocenters. The molecule has 7 heteroatoms. The van der Waals surface area contributed by atoms with Crippen molar-refractivity contribution < 1.29 is 18.0 Å². The van der Waals surface area contributed by atoms with Crippen molar-refractivity contribution in [3.05, 3.63) is 53.3 Å². The fourth-order valence-electron chi connectivity index (χ4n) is 3.78. The predicted molar refractivity (Wildman–Crippen MR) is 96.4 cm³/mol. The summed E-state index contributed by atoms with van der Waals surface area (Å²) in [6.07, 6.45) is -0.0731. The number of aromatic amines is 1. The largest absolute Gasteiger partial charge is 0.432 e. The molecule has 0 bridgehead atoms. The summed E-state index contributed by atoms with van der Waals surface area (Å²) < 4.78 is 38.4. The third-order valence-electron chi connectivity index (χ3n) is 5.24. The monoisotopic (exact) mass is 379 g/mol. The summed E-state index contributed by atoms with van der Waals surface area (Å²) in [6.45, 7) is 2.62. The Morgan fingerprint density at radius 2 is 2.04 bits per heavy atom. The van der Waals surface area contributed by atoms with Crippen molar-refractivity contribution in [2.24, 2.45) is 0 Å². The second-order valence-corrected chi connectivity index (χ2v) is 7.09. The summed E-state index contributed by atoms with van der Waals surface area (Å²) in [5.74, 6) is -0.0589. The second-order valence-electron chi connectivity index (χ2n) is 7.09. The maximum atomic E-state index is 12.8. The summed E-state index contributed by atoms with van der Waals surface area (Å²) in [5.41, 5.74) is 0.0994. The topological polar surface area (TPSA) is 49.0 Å². The van der Waals surface area contributed by atoms with E-state index in [1.54, 1.807) is 4.90 Å². The van der Waals surface area contributed by atoms with Crippen molar-refractivity contribution in [2.45, 2.75) is 57.2 Å². The van der Waals surface area contributed by atoms with Gasteiger partial charge in [0.05, 0.1) is 0 Å². The van der Waals surface area contributed by atoms with E-state index in [1.165, 1.54) is 5.56 Å². The first-order valence-electron chi connectivity index (χ1n) is 9.38. The Morgan fingerprint density at radius 3 is 2.67 bits per heavy atom. The minimum absolute atomic E-state index is 0.0162. The Balaban J connectivity index is 1.77. The van der Waals surface area contributed by atoms with Gasteiger partial charge in [-0.05, 0) is 30.7 Å². The average molecular weight is 379 g/mol. The molecule has 2 atom stereocenters. The zero-order chi connectivity index (χ0) is 19.4. The Morgan fingerprint density at radius 1 is 1.30 bits per heavy atom. The Bertz CT molecular complexity index is 757. The summed E-state index contributed by atoms with van der Waals surface area (Å²) in [5, 5.41) is 5.55. The predicted octanol–water partition coefficient (Wildman–Crippen LogP) is 5.01. The normalized spacial score (nSPS) is 20.7. The van der Waals surface area contributed by atoms with Gasteiger partial charge in [-0.25, -0.2) is 0 Å². The average Bonchev–Trinajstić information content (AvgIpc) is 3.17. The number of halogens is 3. The molecule has 1 aliphatic rings. The molecule has 2 aromatic rings. The van der Waals surface area contributed by atoms with Crippen molar-refractivity contribution in [1.82, 2.24) is 15.1 Å². The van der Waals surface area contributed by atoms with Gasteiger partial charge in [0, 0.05) is 18.7 Å². The zero-order valence-corrected chi connectivity index (χ0v) is 15.3. The third-order valence-corrected chi connectivity index (χ3v) is 5.24. The molecule has 3 rings (SSSR count). The number of benzene rings is 1. The number of alkyl halides is 3. The van der Waals surface area contributed by atoms with E-state index in [1.807, 2.05) is 23.3 Å². The van der Waals surface area contributed by atoms with E-state index in [2.05, 4.69) is 24.2 Å². The van der Waals surface area contributed by atoms with Crippen LogP contribution in [0.15, 0.2) is 36.4 Å². The number of H-pyrrole nitrogens is 1. The summed E-state index contributed by atoms with van der Waals surface area (Å²) in [6, 6.07) is 11.0. The first-order chi connectivity index (χ1) is 12.9. The van der Waals surface area contributed by atoms with Crippen LogP contribution in [0.2, 0.25) is 0 Å². The lowest BCUT2D eigenvalue weighted by Crippen LogP contribution is -2.45. The minimum Gasteiger partial charge on any atom is -0.334 e. The number of piperidine rings is 1. The fraction of sp³-hybridized carbons (Fsp3) is 0.500. The maximum absolute atomic E-state index is 12.8. The number of nitrogens with zero attached hydrogens (tertiary/aromatic N) is 2. The molecule has 1 fully saturated rings. The number of amides is 1. The number of hydrogen-bond acceptors (Lipinski definition) is 2. The number of aromatic nitrogens is 2. The van der Waals surface area contributed by atoms with Gasteiger partial charge < -0.3 is 4.90 Å². The first-order valence-corrected chi connectivity index (χ1v) is 9.38. The van der Waals surface area contributed by atoms with Crippen LogP contribution >= 0.6 is 0 Å². The van der Waals surface area contributed by atoms with Gasteiger partial charge in [-0.15, -0.1) is 0 Å². The Kier molecular flexibility index (Phi) is 5.87. The number of likely N-dealkylation sites (tertiary alicyclic amines) is 1. The lowest BCUT2D eigenvalue weighted by Gasteiger charge is -2.39. The van der Waals surface area contributed by atoms with E-state index in [4.69, 9.17) is 0 Å². The molecule has 0 aliphatic carbocycles. The number of unbranched alkanes of at least 4 members (excludes halogenated alkanes) is 1. The van der Waals surface area contributed by atoms with Crippen LogP contribution in [0.4, 0.5) is 13.2 Å². The first kappa shape index (κ1) is 19.5. The highest BCUT2D eigenvalue weighted by Crippen LogP contribution is 2.34. The van der Waals surface area contributed by atoms with Crippen LogP contribution in [0.5, 0.6) is 0 Å². The highest BCUT2D eigenvalue weighted by atomic mass is 19.4. The van der Waals surface area contributed by atoms with Gasteiger partial charge in [-0.2, -0.15) is 18.3 Å². The molecule has 1 aromatic heterocycles. The Labute approximate surface area is 156 Å². The van der Waals surface area contributed by atoms with Gasteiger partial charge in [0.25, 0.3) is 5.91 Å². The third kappa shape index (κ3) is 4.51. The molecule has 146 valence electrons. The van der Waals surface area contributed by atoms with Crippen molar-refractivity contribution in [3.8, 4) is 0 Å². The molecule has 1 amide bonds. The standard InChI is InChI=1S/C20H24F3N3O/c1-2-3-9-16-12-15(14-7-5-4-6-8-14)10-11-26(16)19(27)17-13-18(25-24-17)20(21,22)23/h4-8,13,15-16H,2-3,9-12H2,1H3,(H,24,25)/t15-,16-/m1/s1. The van der Waals surface area contributed by atoms with Gasteiger partial charge in [0.1, 0.15) is 5.69 Å². The van der Waals surface area contributed by atoms with E-state index in [9.17, 15) is 18.0 Å². The number of hydrogen-bond donors (Lipinski definition) is 1. The number of rotatable bonds is 5. The van der Waals surface area contributed by atoms with E-state index >= 15 is 0 Å². The van der Waals surface area contributed by atoms with Crippen LogP contribution in [0, 0.1) is 0 Å². The lowest BCUT2D eigenvalue weighted by molar-refractivity contribution is -0.141. The van der Waals surface area contributed by atoms with Crippen molar-refractivity contribution >= 4 is 5.91 Å². The number of nitrogens with one attached hydrogen (secondary N) is 1. The van der Waals surface area contributed by atoms with Crippen LogP contribution < -0.4 is 0 Å². The maximum Gasteiger partial charge on any atom is 0.432 e. The highest BCUT2D eigenvalue weighted by molar-refractivity contribution is 5.92. The molecule has 0 radical (unpaired) electrons. The van der Waals surface area contributed by atoms with Crippen LogP contribution in [0.3, 0.4) is 0 Å². The SMILES string of the molecule is CCCC[C@@H]1C[C@H](c2ccccc2)CCN1C(=O)c1cc(C(F)(F)F)[nH]n1. The fourth-order valence-corrected chi connectivity index (χ4v) is 3.78. The molecule has 0 saturated carbocycles. The van der Waals surface area contributed by atoms with Crippen LogP contribution in [0.25, 0.3) is 0 Å². The molecular weight excluding hydrogens is 355 g/mol. The van der Waals surface area contributed by atoms with Gasteiger partial charge in [0.2, 0.25) is 0 Å². The van der Waals surface area contributed by atoms with Crippen LogP contribution in [-0.4, -0.2) is 33.6 Å². The van der Waals surface area contributed by atoms with E-state index in [-0.39, 0.29) is 11.7 Å². The second kappa shape index (κ2) is 8.15. The van der Waals surface area contributed by atoms with Crippen LogP contribution in [0.1, 0.15) is 66.7 Å². The molecule has 0 spiro atoms. The summed E-state index contributed by atoms with van der Waals surface area (Å²) >= 11 is 0. The molecule has 1 aromatic carbocycles. The highest BCUT2D eigenvalue weighted by Gasteiger charge is 2.37. The molecule has 4 nitrogen and oxygen atoms in total. The van der Waals surface area contributed by atoms with E-state index < -0.39 is 17.8 Å². The van der Waals surface area contributed by atoms with E-state index in [0.717, 1.165) is 38.2 Å². The minimum atomic E-state index is -4.53. The number of carbonyl (C=O) groups excluding carboxylic acids is 1. The van der Waals surface area contributed by atoms with Gasteiger partial charge in [0.15, 0.2) is 5.69 Å². The van der Waals surface area contributed by atoms with E-state index in [0.29, 0.717) is 12.5 Å². The molecule has 2 heterocycles. The van der Waals surface area contributed by atoms with Gasteiger partial charge >= 0.3 is 6.18 Å². The van der Waals surface area contributed by atoms with Crippen molar-refractivity contribution in [3.63, 3.8) is 0 Å². The van der Waals surface area contributed by atoms with Gasteiger partial charge in [-0.3, -0.25) is 9.89 Å². The molecule has 1 aliphatic heterocycles. The molecule has 1 saturated heterocycles. The molecular formula is C20H24F3N3O. The van der Waals surface area contributed by atoms with Gasteiger partial charge in [-0.1, -0.05) is 50.1 Å². The molecule has 1 N–H and O–H groups in total. The zero-order valence-electron chi connectivity index (χ0n) is 15.3. The van der Waals surface area contributed by atoms with Crippen LogP contribution in [-0.2, 0) is 6.18 Å². The summed E-state index contributed by atoms with van der Waals surface area (Å²) in [7, 11) is 0. The lowest BCUT2D eigenvalue weighted by atomic mass is 9.83. The van der Waals surface area contributed by atoms with Crippen molar-refractivity contribution in [2.75, 3.05) is 6.54 Å². The van der Waals surface area contributed by atoms with Crippen molar-refractivity contribution in [1.29, 1.82) is 0 Å².